The Labute approximate surface area is 117 Å². The Morgan fingerprint density at radius 2 is 2.00 bits per heavy atom. The predicted octanol–water partition coefficient (Wildman–Crippen LogP) is 4.49. The Balaban J connectivity index is 2.34. The second-order valence-corrected chi connectivity index (χ2v) is 5.95. The van der Waals surface area contributed by atoms with Crippen LogP contribution in [-0.2, 0) is 5.54 Å². The molecule has 6 heteroatoms. The summed E-state index contributed by atoms with van der Waals surface area (Å²) in [5.41, 5.74) is 5.00. The predicted molar refractivity (Wildman–Crippen MR) is 68.0 cm³/mol. The topological polar surface area (TPSA) is 26.0 Å². The van der Waals surface area contributed by atoms with Gasteiger partial charge in [0.25, 0.3) is 0 Å². The van der Waals surface area contributed by atoms with Crippen LogP contribution in [0.5, 0.6) is 0 Å². The summed E-state index contributed by atoms with van der Waals surface area (Å²) in [6, 6.07) is 4.57. The summed E-state index contributed by atoms with van der Waals surface area (Å²) in [6.07, 6.45) is -3.74. The van der Waals surface area contributed by atoms with Gasteiger partial charge in [-0.2, -0.15) is 13.2 Å². The van der Waals surface area contributed by atoms with Crippen LogP contribution >= 0.6 is 15.9 Å². The lowest BCUT2D eigenvalue weighted by Crippen LogP contribution is -2.45. The van der Waals surface area contributed by atoms with E-state index in [0.29, 0.717) is 12.8 Å². The average Bonchev–Trinajstić information content (AvgIpc) is 2.31. The van der Waals surface area contributed by atoms with Gasteiger partial charge in [-0.15, -0.1) is 0 Å². The molecule has 0 radical (unpaired) electrons. The summed E-state index contributed by atoms with van der Waals surface area (Å²) >= 11 is 3.04. The smallest absolute Gasteiger partial charge is 0.321 e. The minimum Gasteiger partial charge on any atom is -0.321 e. The van der Waals surface area contributed by atoms with E-state index in [1.165, 1.54) is 12.1 Å². The Hall–Kier alpha value is -0.620. The van der Waals surface area contributed by atoms with Gasteiger partial charge in [-0.1, -0.05) is 18.6 Å². The first-order valence-electron chi connectivity index (χ1n) is 6.04. The Bertz CT molecular complexity index is 474. The van der Waals surface area contributed by atoms with Gasteiger partial charge in [-0.25, -0.2) is 4.39 Å². The molecule has 1 nitrogen and oxygen atoms in total. The molecule has 2 rings (SSSR count). The van der Waals surface area contributed by atoms with Crippen LogP contribution < -0.4 is 5.73 Å². The van der Waals surface area contributed by atoms with Gasteiger partial charge in [-0.05, 0) is 41.3 Å². The molecule has 1 aliphatic rings. The van der Waals surface area contributed by atoms with Gasteiger partial charge in [0.2, 0.25) is 0 Å². The van der Waals surface area contributed by atoms with Crippen molar-refractivity contribution >= 4 is 15.9 Å². The molecular formula is C13H14BrF4N. The number of benzene rings is 1. The summed E-state index contributed by atoms with van der Waals surface area (Å²) in [5.74, 6) is -2.02. The van der Waals surface area contributed by atoms with Gasteiger partial charge in [0.1, 0.15) is 5.82 Å². The van der Waals surface area contributed by atoms with Crippen molar-refractivity contribution in [1.82, 2.24) is 0 Å². The molecule has 2 unspecified atom stereocenters. The Morgan fingerprint density at radius 3 is 2.63 bits per heavy atom. The monoisotopic (exact) mass is 339 g/mol. The van der Waals surface area contributed by atoms with E-state index < -0.39 is 23.5 Å². The number of hydrogen-bond donors (Lipinski definition) is 1. The molecule has 2 atom stereocenters. The highest BCUT2D eigenvalue weighted by atomic mass is 79.9. The van der Waals surface area contributed by atoms with Crippen LogP contribution in [0.25, 0.3) is 0 Å². The normalized spacial score (nSPS) is 28.4. The molecule has 0 bridgehead atoms. The number of rotatable bonds is 1. The highest BCUT2D eigenvalue weighted by Crippen LogP contribution is 2.45. The number of alkyl halides is 3. The van der Waals surface area contributed by atoms with Crippen molar-refractivity contribution in [2.75, 3.05) is 0 Å². The number of hydrogen-bond acceptors (Lipinski definition) is 1. The summed E-state index contributed by atoms with van der Waals surface area (Å²) in [6.45, 7) is 0. The minimum absolute atomic E-state index is 0.0675. The van der Waals surface area contributed by atoms with Crippen LogP contribution in [0, 0.1) is 11.7 Å². The highest BCUT2D eigenvalue weighted by Gasteiger charge is 2.47. The zero-order valence-electron chi connectivity index (χ0n) is 10.1. The molecule has 1 aromatic carbocycles. The van der Waals surface area contributed by atoms with Crippen molar-refractivity contribution in [2.45, 2.75) is 37.4 Å². The molecule has 0 amide bonds. The van der Waals surface area contributed by atoms with Crippen molar-refractivity contribution in [3.63, 3.8) is 0 Å². The molecule has 106 valence electrons. The first-order chi connectivity index (χ1) is 8.74. The standard InChI is InChI=1S/C13H14BrF4N/c14-10-5-1-4-9(11(10)15)12(19)6-2-3-8(7-12)13(16,17)18/h1,4-5,8H,2-3,6-7,19H2. The lowest BCUT2D eigenvalue weighted by atomic mass is 9.72. The molecule has 0 aromatic heterocycles. The molecule has 1 aliphatic carbocycles. The lowest BCUT2D eigenvalue weighted by Gasteiger charge is -2.39. The first kappa shape index (κ1) is 14.8. The SMILES string of the molecule is NC1(c2cccc(Br)c2F)CCCC(C(F)(F)F)C1. The van der Waals surface area contributed by atoms with Crippen LogP contribution in [0.3, 0.4) is 0 Å². The van der Waals surface area contributed by atoms with E-state index in [1.807, 2.05) is 0 Å². The van der Waals surface area contributed by atoms with E-state index in [-0.39, 0.29) is 22.9 Å². The van der Waals surface area contributed by atoms with Gasteiger partial charge in [0, 0.05) is 11.1 Å². The molecule has 1 aromatic rings. The molecule has 0 heterocycles. The lowest BCUT2D eigenvalue weighted by molar-refractivity contribution is -0.187. The third kappa shape index (κ3) is 2.94. The van der Waals surface area contributed by atoms with Crippen molar-refractivity contribution in [3.05, 3.63) is 34.1 Å². The highest BCUT2D eigenvalue weighted by molar-refractivity contribution is 9.10. The maximum atomic E-state index is 14.0. The van der Waals surface area contributed by atoms with Gasteiger partial charge in [0.05, 0.1) is 10.4 Å². The van der Waals surface area contributed by atoms with Crippen LogP contribution in [-0.4, -0.2) is 6.18 Å². The molecule has 1 fully saturated rings. The summed E-state index contributed by atoms with van der Waals surface area (Å²) in [4.78, 5) is 0. The minimum atomic E-state index is -4.27. The molecule has 1 saturated carbocycles. The number of nitrogens with two attached hydrogens (primary N) is 1. The van der Waals surface area contributed by atoms with Crippen LogP contribution in [0.2, 0.25) is 0 Å². The van der Waals surface area contributed by atoms with E-state index in [0.717, 1.165) is 0 Å². The van der Waals surface area contributed by atoms with Gasteiger partial charge in [-0.3, -0.25) is 0 Å². The van der Waals surface area contributed by atoms with E-state index in [1.54, 1.807) is 6.07 Å². The van der Waals surface area contributed by atoms with Gasteiger partial charge < -0.3 is 5.73 Å². The van der Waals surface area contributed by atoms with Gasteiger partial charge in [0.15, 0.2) is 0 Å². The molecule has 0 saturated heterocycles. The number of halogens is 5. The van der Waals surface area contributed by atoms with Crippen LogP contribution in [0.15, 0.2) is 22.7 Å². The fourth-order valence-corrected chi connectivity index (χ4v) is 3.09. The maximum absolute atomic E-state index is 14.0. The third-order valence-corrected chi connectivity index (χ3v) is 4.35. The van der Waals surface area contributed by atoms with E-state index >= 15 is 0 Å². The fourth-order valence-electron chi connectivity index (χ4n) is 2.72. The summed E-state index contributed by atoms with van der Waals surface area (Å²) in [5, 5.41) is 0. The fraction of sp³-hybridized carbons (Fsp3) is 0.538. The largest absolute Gasteiger partial charge is 0.391 e. The molecule has 0 spiro atoms. The Kier molecular flexibility index (Phi) is 3.93. The maximum Gasteiger partial charge on any atom is 0.391 e. The zero-order chi connectivity index (χ0) is 14.3. The van der Waals surface area contributed by atoms with Crippen molar-refractivity contribution in [1.29, 1.82) is 0 Å². The molecular weight excluding hydrogens is 326 g/mol. The molecule has 0 aliphatic heterocycles. The third-order valence-electron chi connectivity index (χ3n) is 3.74. The summed E-state index contributed by atoms with van der Waals surface area (Å²) in [7, 11) is 0. The second-order valence-electron chi connectivity index (χ2n) is 5.09. The first-order valence-corrected chi connectivity index (χ1v) is 6.83. The molecule has 19 heavy (non-hydrogen) atoms. The van der Waals surface area contributed by atoms with Crippen molar-refractivity contribution in [3.8, 4) is 0 Å². The Morgan fingerprint density at radius 1 is 1.32 bits per heavy atom. The van der Waals surface area contributed by atoms with E-state index in [2.05, 4.69) is 15.9 Å². The van der Waals surface area contributed by atoms with Gasteiger partial charge >= 0.3 is 6.18 Å². The van der Waals surface area contributed by atoms with E-state index in [4.69, 9.17) is 5.73 Å². The second kappa shape index (κ2) is 5.05. The van der Waals surface area contributed by atoms with Crippen LogP contribution in [0.4, 0.5) is 17.6 Å². The van der Waals surface area contributed by atoms with Crippen LogP contribution in [0.1, 0.15) is 31.2 Å². The average molecular weight is 340 g/mol. The quantitative estimate of drug-likeness (QED) is 0.749. The molecule has 2 N–H and O–H groups in total. The van der Waals surface area contributed by atoms with Crippen molar-refractivity contribution < 1.29 is 17.6 Å². The summed E-state index contributed by atoms with van der Waals surface area (Å²) < 4.78 is 52.7. The van der Waals surface area contributed by atoms with E-state index in [9.17, 15) is 17.6 Å². The zero-order valence-corrected chi connectivity index (χ0v) is 11.7. The van der Waals surface area contributed by atoms with Crippen molar-refractivity contribution in [2.24, 2.45) is 11.7 Å².